The quantitative estimate of drug-likeness (QED) is 0.730. The Labute approximate surface area is 104 Å². The number of nitrogens with zero attached hydrogens (tertiary/aromatic N) is 2. The van der Waals surface area contributed by atoms with Gasteiger partial charge in [0.05, 0.1) is 5.69 Å². The van der Waals surface area contributed by atoms with Gasteiger partial charge in [0.15, 0.2) is 0 Å². The number of anilines is 1. The van der Waals surface area contributed by atoms with E-state index < -0.39 is 0 Å². The highest BCUT2D eigenvalue weighted by Crippen LogP contribution is 2.20. The van der Waals surface area contributed by atoms with Gasteiger partial charge in [-0.3, -0.25) is 4.98 Å². The van der Waals surface area contributed by atoms with Gasteiger partial charge in [-0.05, 0) is 31.9 Å². The summed E-state index contributed by atoms with van der Waals surface area (Å²) in [5.41, 5.74) is 2.35. The fraction of sp³-hybridized carbons (Fsp3) is 0.500. The molecule has 0 unspecified atom stereocenters. The molecular weight excluding hydrogens is 210 g/mol. The van der Waals surface area contributed by atoms with Crippen molar-refractivity contribution in [2.75, 3.05) is 18.0 Å². The molecule has 1 heterocycles. The van der Waals surface area contributed by atoms with Crippen molar-refractivity contribution in [2.45, 2.75) is 32.4 Å². The van der Waals surface area contributed by atoms with E-state index in [1.807, 2.05) is 12.3 Å². The largest absolute Gasteiger partial charge is 0.368 e. The fourth-order valence-corrected chi connectivity index (χ4v) is 1.87. The van der Waals surface area contributed by atoms with Crippen molar-refractivity contribution in [1.29, 1.82) is 0 Å². The molecule has 1 aliphatic carbocycles. The van der Waals surface area contributed by atoms with Crippen molar-refractivity contribution in [1.82, 2.24) is 10.3 Å². The molecule has 0 aromatic carbocycles. The van der Waals surface area contributed by atoms with E-state index in [0.717, 1.165) is 31.4 Å². The van der Waals surface area contributed by atoms with Crippen molar-refractivity contribution in [3.8, 4) is 0 Å². The van der Waals surface area contributed by atoms with Crippen LogP contribution in [-0.4, -0.2) is 24.1 Å². The third-order valence-electron chi connectivity index (χ3n) is 3.05. The first-order valence-corrected chi connectivity index (χ1v) is 6.37. The van der Waals surface area contributed by atoms with Gasteiger partial charge < -0.3 is 10.2 Å². The predicted molar refractivity (Wildman–Crippen MR) is 72.2 cm³/mol. The van der Waals surface area contributed by atoms with E-state index >= 15 is 0 Å². The van der Waals surface area contributed by atoms with Crippen molar-refractivity contribution in [3.63, 3.8) is 0 Å². The van der Waals surface area contributed by atoms with Crippen LogP contribution in [0.5, 0.6) is 0 Å². The maximum absolute atomic E-state index is 4.40. The van der Waals surface area contributed by atoms with Crippen LogP contribution in [0, 0.1) is 0 Å². The Bertz CT molecular complexity index is 371. The van der Waals surface area contributed by atoms with Crippen molar-refractivity contribution < 1.29 is 0 Å². The van der Waals surface area contributed by atoms with Gasteiger partial charge >= 0.3 is 0 Å². The van der Waals surface area contributed by atoms with E-state index in [1.54, 1.807) is 0 Å². The molecule has 0 atom stereocenters. The van der Waals surface area contributed by atoms with E-state index in [0.29, 0.717) is 0 Å². The number of nitrogens with one attached hydrogen (secondary N) is 1. The molecule has 0 bridgehead atoms. The molecule has 1 N–H and O–H groups in total. The summed E-state index contributed by atoms with van der Waals surface area (Å²) in [6.07, 6.45) is 6.46. The summed E-state index contributed by atoms with van der Waals surface area (Å²) in [6, 6.07) is 4.96. The van der Waals surface area contributed by atoms with Crippen LogP contribution in [0.1, 0.15) is 25.5 Å². The fourth-order valence-electron chi connectivity index (χ4n) is 1.87. The van der Waals surface area contributed by atoms with E-state index in [1.165, 1.54) is 18.5 Å². The number of rotatable bonds is 7. The minimum absolute atomic E-state index is 0.732. The Morgan fingerprint density at radius 1 is 1.59 bits per heavy atom. The molecule has 1 aromatic heterocycles. The first-order valence-electron chi connectivity index (χ1n) is 6.37. The second-order valence-electron chi connectivity index (χ2n) is 4.49. The molecule has 1 saturated carbocycles. The van der Waals surface area contributed by atoms with Crippen LogP contribution in [0.3, 0.4) is 0 Å². The summed E-state index contributed by atoms with van der Waals surface area (Å²) in [7, 11) is 0. The summed E-state index contributed by atoms with van der Waals surface area (Å²) >= 11 is 0. The second-order valence-corrected chi connectivity index (χ2v) is 4.49. The SMILES string of the molecule is C=CCN(CC)c1ccnc(CNC2CC2)c1. The molecule has 0 amide bonds. The summed E-state index contributed by atoms with van der Waals surface area (Å²) in [6.45, 7) is 8.71. The number of pyridine rings is 1. The average molecular weight is 231 g/mol. The standard InChI is InChI=1S/C14H21N3/c1-3-9-17(4-2)14-7-8-15-13(10-14)11-16-12-5-6-12/h3,7-8,10,12,16H,1,4-6,9,11H2,2H3. The predicted octanol–water partition coefficient (Wildman–Crippen LogP) is 2.35. The van der Waals surface area contributed by atoms with E-state index in [2.05, 4.69) is 40.8 Å². The lowest BCUT2D eigenvalue weighted by atomic mass is 10.2. The second kappa shape index (κ2) is 5.82. The topological polar surface area (TPSA) is 28.2 Å². The van der Waals surface area contributed by atoms with E-state index in [4.69, 9.17) is 0 Å². The highest BCUT2D eigenvalue weighted by molar-refractivity contribution is 5.47. The van der Waals surface area contributed by atoms with Crippen LogP contribution in [0.15, 0.2) is 31.0 Å². The number of aromatic nitrogens is 1. The molecular formula is C14H21N3. The zero-order valence-corrected chi connectivity index (χ0v) is 10.5. The molecule has 2 rings (SSSR count). The van der Waals surface area contributed by atoms with Crippen LogP contribution in [0.2, 0.25) is 0 Å². The Balaban J connectivity index is 2.00. The molecule has 92 valence electrons. The first-order chi connectivity index (χ1) is 8.33. The van der Waals surface area contributed by atoms with Crippen LogP contribution in [0.25, 0.3) is 0 Å². The van der Waals surface area contributed by atoms with Crippen LogP contribution in [-0.2, 0) is 6.54 Å². The van der Waals surface area contributed by atoms with Crippen molar-refractivity contribution in [2.24, 2.45) is 0 Å². The molecule has 0 radical (unpaired) electrons. The number of hydrogen-bond donors (Lipinski definition) is 1. The molecule has 0 saturated heterocycles. The van der Waals surface area contributed by atoms with Crippen LogP contribution < -0.4 is 10.2 Å². The van der Waals surface area contributed by atoms with Crippen LogP contribution >= 0.6 is 0 Å². The Morgan fingerprint density at radius 3 is 3.06 bits per heavy atom. The minimum atomic E-state index is 0.732. The summed E-state index contributed by atoms with van der Waals surface area (Å²) in [5, 5.41) is 3.49. The molecule has 1 aliphatic rings. The summed E-state index contributed by atoms with van der Waals surface area (Å²) < 4.78 is 0. The zero-order chi connectivity index (χ0) is 12.1. The van der Waals surface area contributed by atoms with E-state index in [9.17, 15) is 0 Å². The third-order valence-corrected chi connectivity index (χ3v) is 3.05. The molecule has 1 aromatic rings. The smallest absolute Gasteiger partial charge is 0.0562 e. The highest BCUT2D eigenvalue weighted by atomic mass is 15.1. The van der Waals surface area contributed by atoms with Crippen LogP contribution in [0.4, 0.5) is 5.69 Å². The zero-order valence-electron chi connectivity index (χ0n) is 10.5. The minimum Gasteiger partial charge on any atom is -0.368 e. The van der Waals surface area contributed by atoms with Gasteiger partial charge in [-0.25, -0.2) is 0 Å². The van der Waals surface area contributed by atoms with Crippen molar-refractivity contribution >= 4 is 5.69 Å². The molecule has 3 nitrogen and oxygen atoms in total. The lowest BCUT2D eigenvalue weighted by Gasteiger charge is -2.21. The molecule has 1 fully saturated rings. The van der Waals surface area contributed by atoms with Gasteiger partial charge in [0.25, 0.3) is 0 Å². The number of likely N-dealkylation sites (N-methyl/N-ethyl adjacent to an activating group) is 1. The first kappa shape index (κ1) is 12.1. The Hall–Kier alpha value is -1.35. The normalized spacial score (nSPS) is 14.6. The Kier molecular flexibility index (Phi) is 4.15. The summed E-state index contributed by atoms with van der Waals surface area (Å²) in [5.74, 6) is 0. The van der Waals surface area contributed by atoms with Gasteiger partial charge in [0.2, 0.25) is 0 Å². The van der Waals surface area contributed by atoms with Crippen molar-refractivity contribution in [3.05, 3.63) is 36.7 Å². The molecule has 0 aliphatic heterocycles. The van der Waals surface area contributed by atoms with Gasteiger partial charge in [-0.2, -0.15) is 0 Å². The highest BCUT2D eigenvalue weighted by Gasteiger charge is 2.20. The molecule has 17 heavy (non-hydrogen) atoms. The third kappa shape index (κ3) is 3.56. The number of hydrogen-bond acceptors (Lipinski definition) is 3. The van der Waals surface area contributed by atoms with Gasteiger partial charge in [-0.15, -0.1) is 6.58 Å². The van der Waals surface area contributed by atoms with Gasteiger partial charge in [0.1, 0.15) is 0 Å². The van der Waals surface area contributed by atoms with Gasteiger partial charge in [0, 0.05) is 37.6 Å². The van der Waals surface area contributed by atoms with E-state index in [-0.39, 0.29) is 0 Å². The lowest BCUT2D eigenvalue weighted by Crippen LogP contribution is -2.23. The molecule has 0 spiro atoms. The molecule has 3 heteroatoms. The monoisotopic (exact) mass is 231 g/mol. The lowest BCUT2D eigenvalue weighted by molar-refractivity contribution is 0.674. The maximum Gasteiger partial charge on any atom is 0.0562 e. The Morgan fingerprint density at radius 2 is 2.41 bits per heavy atom. The maximum atomic E-state index is 4.40. The summed E-state index contributed by atoms with van der Waals surface area (Å²) in [4.78, 5) is 6.69. The van der Waals surface area contributed by atoms with Gasteiger partial charge in [-0.1, -0.05) is 6.08 Å². The average Bonchev–Trinajstić information content (AvgIpc) is 3.18.